The number of hydrogen-bond acceptors (Lipinski definition) is 6. The van der Waals surface area contributed by atoms with Crippen molar-refractivity contribution in [1.29, 1.82) is 0 Å². The molecule has 0 radical (unpaired) electrons. The average Bonchev–Trinajstić information content (AvgIpc) is 3.24. The molecule has 1 aliphatic rings. The number of hydrogen-bond donors (Lipinski definition) is 0. The molecule has 0 bridgehead atoms. The highest BCUT2D eigenvalue weighted by Crippen LogP contribution is 2.36. The molecule has 0 saturated carbocycles. The minimum atomic E-state index is -3.92. The summed E-state index contributed by atoms with van der Waals surface area (Å²) in [6.45, 7) is 3.54. The predicted molar refractivity (Wildman–Crippen MR) is 140 cm³/mol. The minimum absolute atomic E-state index is 0.193. The summed E-state index contributed by atoms with van der Waals surface area (Å²) < 4.78 is 34.8. The fourth-order valence-corrected chi connectivity index (χ4v) is 5.94. The van der Waals surface area contributed by atoms with E-state index < -0.39 is 10.0 Å². The van der Waals surface area contributed by atoms with E-state index in [2.05, 4.69) is 11.9 Å². The van der Waals surface area contributed by atoms with Crippen LogP contribution in [0.1, 0.15) is 5.56 Å². The number of rotatable bonds is 6. The molecule has 180 valence electrons. The number of ether oxygens (including phenoxy) is 1. The molecule has 2 heterocycles. The van der Waals surface area contributed by atoms with Gasteiger partial charge in [0.15, 0.2) is 0 Å². The summed E-state index contributed by atoms with van der Waals surface area (Å²) in [5.41, 5.74) is 2.80. The molecule has 35 heavy (non-hydrogen) atoms. The first kappa shape index (κ1) is 23.1. The molecule has 1 aromatic heterocycles. The Kier molecular flexibility index (Phi) is 6.32. The minimum Gasteiger partial charge on any atom is -0.497 e. The normalized spacial score (nSPS) is 15.2. The van der Waals surface area contributed by atoms with Gasteiger partial charge in [0, 0.05) is 37.1 Å². The van der Waals surface area contributed by atoms with Gasteiger partial charge < -0.3 is 9.64 Å². The van der Waals surface area contributed by atoms with Gasteiger partial charge in [-0.25, -0.2) is 12.4 Å². The number of aromatic nitrogens is 1. The second-order valence-electron chi connectivity index (χ2n) is 8.59. The molecule has 7 nitrogen and oxygen atoms in total. The van der Waals surface area contributed by atoms with Crippen LogP contribution < -0.4 is 4.74 Å². The van der Waals surface area contributed by atoms with Crippen LogP contribution in [-0.4, -0.2) is 68.9 Å². The van der Waals surface area contributed by atoms with Gasteiger partial charge in [0.1, 0.15) is 5.75 Å². The molecule has 0 N–H and O–H groups in total. The van der Waals surface area contributed by atoms with Gasteiger partial charge in [-0.2, -0.15) is 5.10 Å². The van der Waals surface area contributed by atoms with Crippen molar-refractivity contribution in [3.8, 4) is 17.0 Å². The van der Waals surface area contributed by atoms with Gasteiger partial charge in [-0.1, -0.05) is 48.5 Å². The highest BCUT2D eigenvalue weighted by atomic mass is 32.2. The molecule has 5 rings (SSSR count). The van der Waals surface area contributed by atoms with E-state index in [1.165, 1.54) is 3.97 Å². The first-order valence-electron chi connectivity index (χ1n) is 11.5. The van der Waals surface area contributed by atoms with Gasteiger partial charge in [0.2, 0.25) is 0 Å². The van der Waals surface area contributed by atoms with Gasteiger partial charge >= 0.3 is 0 Å². The molecule has 3 aromatic carbocycles. The molecule has 0 atom stereocenters. The van der Waals surface area contributed by atoms with Crippen LogP contribution in [0.5, 0.6) is 5.75 Å². The Morgan fingerprint density at radius 2 is 1.51 bits per heavy atom. The van der Waals surface area contributed by atoms with Gasteiger partial charge in [-0.3, -0.25) is 5.01 Å². The lowest BCUT2D eigenvalue weighted by atomic mass is 10.1. The number of nitrogens with zero attached hydrogens (tertiary/aromatic N) is 4. The third kappa shape index (κ3) is 4.42. The van der Waals surface area contributed by atoms with Crippen molar-refractivity contribution in [2.75, 3.05) is 40.3 Å². The summed E-state index contributed by atoms with van der Waals surface area (Å²) in [5, 5.41) is 7.65. The van der Waals surface area contributed by atoms with Gasteiger partial charge in [0.25, 0.3) is 10.0 Å². The van der Waals surface area contributed by atoms with E-state index in [1.54, 1.807) is 31.4 Å². The molecule has 0 amide bonds. The molecule has 0 spiro atoms. The fraction of sp³-hybridized carbons (Fsp3) is 0.222. The Morgan fingerprint density at radius 3 is 2.20 bits per heavy atom. The van der Waals surface area contributed by atoms with Crippen LogP contribution in [0.3, 0.4) is 0 Å². The van der Waals surface area contributed by atoms with E-state index in [1.807, 2.05) is 65.8 Å². The van der Waals surface area contributed by atoms with E-state index in [4.69, 9.17) is 9.84 Å². The van der Waals surface area contributed by atoms with Crippen LogP contribution in [0.25, 0.3) is 22.2 Å². The second-order valence-corrected chi connectivity index (χ2v) is 10.4. The molecule has 1 aliphatic heterocycles. The number of hydrazone groups is 1. The van der Waals surface area contributed by atoms with Gasteiger partial charge in [-0.05, 0) is 42.9 Å². The van der Waals surface area contributed by atoms with E-state index in [-0.39, 0.29) is 4.90 Å². The van der Waals surface area contributed by atoms with E-state index >= 15 is 0 Å². The molecular formula is C27H28N4O3S. The van der Waals surface area contributed by atoms with Gasteiger partial charge in [-0.15, -0.1) is 0 Å². The van der Waals surface area contributed by atoms with Crippen LogP contribution in [0, 0.1) is 0 Å². The highest BCUT2D eigenvalue weighted by molar-refractivity contribution is 7.90. The second kappa shape index (κ2) is 9.56. The number of fused-ring (bicyclic) bond motifs is 1. The Morgan fingerprint density at radius 1 is 0.857 bits per heavy atom. The standard InChI is InChI=1S/C27H28N4O3S/c1-29-16-18-30(19-17-29)28-20-25-24-10-6-7-11-26(24)31(27(25)21-8-4-3-5-9-21)35(32,33)23-14-12-22(34-2)13-15-23/h3-15,20H,16-19H2,1-2H3/b28-20+. The summed E-state index contributed by atoms with van der Waals surface area (Å²) >= 11 is 0. The lowest BCUT2D eigenvalue weighted by molar-refractivity contribution is 0.159. The van der Waals surface area contributed by atoms with Crippen LogP contribution in [-0.2, 0) is 10.0 Å². The van der Waals surface area contributed by atoms with Crippen molar-refractivity contribution < 1.29 is 13.2 Å². The molecule has 4 aromatic rings. The quantitative estimate of drug-likeness (QED) is 0.382. The van der Waals surface area contributed by atoms with Crippen LogP contribution in [0.4, 0.5) is 0 Å². The monoisotopic (exact) mass is 488 g/mol. The smallest absolute Gasteiger partial charge is 0.268 e. The third-order valence-corrected chi connectivity index (χ3v) is 8.07. The van der Waals surface area contributed by atoms with Crippen molar-refractivity contribution in [1.82, 2.24) is 13.9 Å². The summed E-state index contributed by atoms with van der Waals surface area (Å²) in [7, 11) is -0.258. The van der Waals surface area contributed by atoms with Crippen molar-refractivity contribution in [3.63, 3.8) is 0 Å². The Hall–Kier alpha value is -3.62. The maximum Gasteiger partial charge on any atom is 0.268 e. The predicted octanol–water partition coefficient (Wildman–Crippen LogP) is 4.14. The lowest BCUT2D eigenvalue weighted by Crippen LogP contribution is -2.41. The zero-order valence-corrected chi connectivity index (χ0v) is 20.6. The number of likely N-dealkylation sites (N-methyl/N-ethyl adjacent to an activating group) is 1. The first-order chi connectivity index (χ1) is 17.0. The SMILES string of the molecule is COc1ccc(S(=O)(=O)n2c(-c3ccccc3)c(/C=N/N3CCN(C)CC3)c3ccccc32)cc1. The number of para-hydroxylation sites is 1. The zero-order chi connectivity index (χ0) is 24.4. The summed E-state index contributed by atoms with van der Waals surface area (Å²) in [4.78, 5) is 2.47. The summed E-state index contributed by atoms with van der Waals surface area (Å²) in [5.74, 6) is 0.601. The Balaban J connectivity index is 1.73. The topological polar surface area (TPSA) is 67.1 Å². The van der Waals surface area contributed by atoms with Crippen LogP contribution >= 0.6 is 0 Å². The van der Waals surface area contributed by atoms with Crippen LogP contribution in [0.15, 0.2) is 88.9 Å². The maximum atomic E-state index is 14.1. The number of methoxy groups -OCH3 is 1. The third-order valence-electron chi connectivity index (χ3n) is 6.35. The van der Waals surface area contributed by atoms with E-state index in [0.717, 1.165) is 42.7 Å². The molecule has 8 heteroatoms. The molecule has 0 aliphatic carbocycles. The summed E-state index contributed by atoms with van der Waals surface area (Å²) in [6.07, 6.45) is 1.82. The first-order valence-corrected chi connectivity index (χ1v) is 13.0. The van der Waals surface area contributed by atoms with Crippen molar-refractivity contribution in [2.45, 2.75) is 4.90 Å². The van der Waals surface area contributed by atoms with Crippen molar-refractivity contribution in [2.24, 2.45) is 5.10 Å². The lowest BCUT2D eigenvalue weighted by Gasteiger charge is -2.30. The summed E-state index contributed by atoms with van der Waals surface area (Å²) in [6, 6.07) is 23.7. The van der Waals surface area contributed by atoms with Gasteiger partial charge in [0.05, 0.1) is 29.4 Å². The number of piperazine rings is 1. The van der Waals surface area contributed by atoms with E-state index in [9.17, 15) is 8.42 Å². The molecule has 1 saturated heterocycles. The molecular weight excluding hydrogens is 460 g/mol. The zero-order valence-electron chi connectivity index (χ0n) is 19.8. The van der Waals surface area contributed by atoms with Crippen molar-refractivity contribution >= 4 is 27.1 Å². The Bertz CT molecular complexity index is 1450. The van der Waals surface area contributed by atoms with Crippen LogP contribution in [0.2, 0.25) is 0 Å². The Labute approximate surface area is 205 Å². The van der Waals surface area contributed by atoms with Crippen molar-refractivity contribution in [3.05, 3.63) is 84.4 Å². The largest absolute Gasteiger partial charge is 0.497 e. The average molecular weight is 489 g/mol. The molecule has 1 fully saturated rings. The maximum absolute atomic E-state index is 14.1. The fourth-order valence-electron chi connectivity index (χ4n) is 4.39. The highest BCUT2D eigenvalue weighted by Gasteiger charge is 2.27. The molecule has 0 unspecified atom stereocenters. The number of benzene rings is 3. The van der Waals surface area contributed by atoms with E-state index in [0.29, 0.717) is 17.0 Å².